The number of carbonyl (C=O) groups excluding carboxylic acids is 7. The number of aliphatic hydroxyl groups is 6. The summed E-state index contributed by atoms with van der Waals surface area (Å²) >= 11 is 14.5. The molecular weight excluding hydrogens is 1500 g/mol. The summed E-state index contributed by atoms with van der Waals surface area (Å²) in [5, 5.41) is 131. The molecule has 8 aliphatic heterocycles. The molecule has 8 aliphatic rings. The highest BCUT2D eigenvalue weighted by Crippen LogP contribution is 2.50. The van der Waals surface area contributed by atoms with Crippen LogP contribution in [0.4, 0.5) is 0 Å². The first-order chi connectivity index (χ1) is 52.3. The quantitative estimate of drug-likeness (QED) is 0.0672. The number of hydrogen-bond donors (Lipinski definition) is 20. The number of fused-ring (bicyclic) bond motifs is 15. The van der Waals surface area contributed by atoms with Crippen molar-refractivity contribution in [3.63, 3.8) is 0 Å². The van der Waals surface area contributed by atoms with Crippen molar-refractivity contribution in [1.82, 2.24) is 37.2 Å². The second-order valence-corrected chi connectivity index (χ2v) is 30.1. The summed E-state index contributed by atoms with van der Waals surface area (Å²) in [6.45, 7) is 8.58. The smallest absolute Gasteiger partial charge is 0.330 e. The molecule has 0 aromatic heterocycles. The summed E-state index contributed by atoms with van der Waals surface area (Å²) in [6, 6.07) is -0.452. The van der Waals surface area contributed by atoms with Gasteiger partial charge in [-0.2, -0.15) is 0 Å². The van der Waals surface area contributed by atoms with Gasteiger partial charge in [0.1, 0.15) is 89.5 Å². The van der Waals surface area contributed by atoms with E-state index in [0.717, 1.165) is 48.5 Å². The number of amides is 7. The van der Waals surface area contributed by atoms with Gasteiger partial charge in [0.2, 0.25) is 53.4 Å². The van der Waals surface area contributed by atoms with Gasteiger partial charge < -0.3 is 143 Å². The van der Waals surface area contributed by atoms with E-state index >= 15 is 19.2 Å². The number of aliphatic carboxylic acids is 1. The Morgan fingerprint density at radius 3 is 1.79 bits per heavy atom. The predicted octanol–water partition coefficient (Wildman–Crippen LogP) is 0.344. The van der Waals surface area contributed by atoms with Gasteiger partial charge in [0.05, 0.1) is 53.5 Å². The number of benzene rings is 5. The number of likely N-dealkylation sites (N-methyl/N-ethyl adjacent to an activating group) is 1. The zero-order chi connectivity index (χ0) is 80.9. The maximum Gasteiger partial charge on any atom is 0.330 e. The summed E-state index contributed by atoms with van der Waals surface area (Å²) in [4.78, 5) is 120. The second-order valence-electron chi connectivity index (χ2n) is 29.3. The molecule has 38 heteroatoms. The Labute approximate surface area is 643 Å². The molecule has 5 aromatic carbocycles. The van der Waals surface area contributed by atoms with Gasteiger partial charge >= 0.3 is 5.97 Å². The largest absolute Gasteiger partial charge is 0.508 e. The number of nitrogens with one attached hydrogen (secondary N) is 7. The molecular formula is C73H88Cl2N10O26. The number of phenols is 3. The molecule has 23 N–H and O–H groups in total. The fraction of sp³-hybridized carbons (Fsp3) is 0.479. The Morgan fingerprint density at radius 2 is 1.23 bits per heavy atom. The number of carboxylic acids is 1. The fourth-order valence-electron chi connectivity index (χ4n) is 14.3. The van der Waals surface area contributed by atoms with Crippen molar-refractivity contribution in [2.45, 2.75) is 201 Å². The summed E-state index contributed by atoms with van der Waals surface area (Å²) < 4.78 is 51.7. The highest BCUT2D eigenvalue weighted by molar-refractivity contribution is 6.32. The predicted molar refractivity (Wildman–Crippen MR) is 386 cm³/mol. The maximum absolute atomic E-state index is 16.4. The Bertz CT molecular complexity index is 4420. The third-order valence-electron chi connectivity index (χ3n) is 20.1. The maximum atomic E-state index is 16.4. The van der Waals surface area contributed by atoms with Crippen LogP contribution in [0.3, 0.4) is 0 Å². The molecule has 0 saturated carbocycles. The normalized spacial score (nSPS) is 32.1. The van der Waals surface area contributed by atoms with Gasteiger partial charge in [-0.15, -0.1) is 0 Å². The molecule has 0 aliphatic carbocycles. The topological polar surface area (TPSA) is 575 Å². The molecule has 8 heterocycles. The monoisotopic (exact) mass is 1590 g/mol. The summed E-state index contributed by atoms with van der Waals surface area (Å²) in [7, 11) is 1.47. The van der Waals surface area contributed by atoms with Crippen molar-refractivity contribution in [3.8, 4) is 57.1 Å². The minimum atomic E-state index is -2.38. The molecule has 22 atom stereocenters. The lowest BCUT2D eigenvalue weighted by Crippen LogP contribution is -2.64. The van der Waals surface area contributed by atoms with Gasteiger partial charge in [0.25, 0.3) is 0 Å². The molecule has 13 rings (SSSR count). The number of phenolic OH excluding ortho intramolecular Hbond substituents is 3. The van der Waals surface area contributed by atoms with E-state index < -0.39 is 261 Å². The number of carboxylic acid groups (broad SMARTS) is 1. The van der Waals surface area contributed by atoms with Crippen LogP contribution in [0.1, 0.15) is 125 Å². The molecule has 3 saturated heterocycles. The molecule has 7 amide bonds. The number of ether oxygens (including phenoxy) is 8. The van der Waals surface area contributed by atoms with Crippen molar-refractivity contribution >= 4 is 70.5 Å². The zero-order valence-electron chi connectivity index (χ0n) is 60.7. The van der Waals surface area contributed by atoms with Gasteiger partial charge in [-0.05, 0) is 124 Å². The number of nitrogens with two attached hydrogens (primary N) is 3. The highest BCUT2D eigenvalue weighted by Gasteiger charge is 2.52. The van der Waals surface area contributed by atoms with Gasteiger partial charge in [0, 0.05) is 46.7 Å². The number of aromatic hydroxyl groups is 3. The number of rotatable bonds is 15. The fourth-order valence-corrected chi connectivity index (χ4v) is 14.7. The summed E-state index contributed by atoms with van der Waals surface area (Å²) in [5.41, 5.74) is 13.3. The van der Waals surface area contributed by atoms with Crippen LogP contribution in [-0.2, 0) is 62.0 Å². The van der Waals surface area contributed by atoms with Gasteiger partial charge in [-0.3, -0.25) is 33.6 Å². The molecule has 5 aromatic rings. The van der Waals surface area contributed by atoms with Crippen LogP contribution in [-0.4, -0.2) is 215 Å². The van der Waals surface area contributed by atoms with E-state index in [4.69, 9.17) is 78.3 Å². The molecule has 0 radical (unpaired) electrons. The molecule has 3 fully saturated rings. The summed E-state index contributed by atoms with van der Waals surface area (Å²) in [5.74, 6) is -16.1. The number of halogens is 2. The average molecular weight is 1590 g/mol. The minimum Gasteiger partial charge on any atom is -0.508 e. The van der Waals surface area contributed by atoms with Crippen molar-refractivity contribution in [2.75, 3.05) is 13.7 Å². The Kier molecular flexibility index (Phi) is 24.7. The first-order valence-electron chi connectivity index (χ1n) is 35.3. The van der Waals surface area contributed by atoms with Crippen molar-refractivity contribution in [2.24, 2.45) is 23.1 Å². The molecule has 0 unspecified atom stereocenters. The Balaban J connectivity index is 1.19. The lowest BCUT2D eigenvalue weighted by molar-refractivity contribution is -0.333. The average Bonchev–Trinajstić information content (AvgIpc) is 0.763. The van der Waals surface area contributed by atoms with Crippen molar-refractivity contribution in [3.05, 3.63) is 117 Å². The zero-order valence-corrected chi connectivity index (χ0v) is 62.2. The standard InChI is InChI=1S/C73H88Cl2N10O26/c1-26(2)14-38(79-7)64(96)84-54-56(91)30-9-12-42(36(74)16-30)106-44-18-32-19-45(60(44)111-71-61(58(93)57(92)46(25-86)108-71)110-49-24-73(6,78)63(95)28(4)105-49)107-43-13-10-31(17-37(43)75)59(109-48-23-72(5,77)62(94)27(3)104-48)55-69(101)83-53(70(102)103)35-20-33(87)21-41(89)50(35)34-15-29(8-11-40(34)88)51(66(98)85-55)82-67(99)52(32)81-65(97)39(22-47(76)90)80-68(54)100/h8-13,15-21,26-28,38-39,46,48-49,51-59,61-63,71,79,86-89,91-95H,14,22-25,77-78H2,1-7H3,(H2,76,90)(H,80,100)(H,81,97)(H,82,99)(H,83,101)(H,84,96)(H,85,98)(H,102,103)/t27-,28-,38+,39-,46+,48-,49-,51+,52+,53-,54+,55-,56+,57+,58-,59+,61+,62-,63+,71-,72-,73-/m0/s1. The lowest BCUT2D eigenvalue weighted by Gasteiger charge is -2.47. The van der Waals surface area contributed by atoms with E-state index in [9.17, 15) is 70.2 Å². The molecule has 111 heavy (non-hydrogen) atoms. The van der Waals surface area contributed by atoms with E-state index in [2.05, 4.69) is 37.2 Å². The molecule has 600 valence electrons. The van der Waals surface area contributed by atoms with E-state index in [1.54, 1.807) is 0 Å². The van der Waals surface area contributed by atoms with Crippen LogP contribution in [0.25, 0.3) is 11.1 Å². The van der Waals surface area contributed by atoms with Gasteiger partial charge in [-0.1, -0.05) is 55.2 Å². The SMILES string of the molecule is CN[C@H](CC(C)C)C(=O)N[C@H]1C(=O)N[C@@H](CC(N)=O)C(=O)N[C@H]2C(=O)N[C@H]3C(=O)N[C@H](C(=O)N[C@H](C(=O)O)c4cc(O)cc(O)c4-c4cc3ccc4O)[C@H](O[C@H]3C[C@](C)(N)[C@@H](O)[C@H](C)O3)c3ccc(c(Cl)c3)Oc3cc2cc(c3O[C@@H]2O[C@H](CO)[C@@H](O)[C@H](O)[C@H]2O[C@H]2C[C@](C)(N)[C@H](O)[C@H](C)O2)Oc2ccc(cc2Cl)[C@H]1O. The number of aliphatic hydroxyl groups excluding tert-OH is 6. The van der Waals surface area contributed by atoms with Crippen LogP contribution in [0, 0.1) is 5.92 Å². The Morgan fingerprint density at radius 1 is 0.658 bits per heavy atom. The van der Waals surface area contributed by atoms with E-state index in [-0.39, 0.29) is 52.6 Å². The van der Waals surface area contributed by atoms with Gasteiger partial charge in [0.15, 0.2) is 36.2 Å². The third kappa shape index (κ3) is 17.7. The minimum absolute atomic E-state index is 0.110. The second kappa shape index (κ2) is 33.2. The molecule has 11 bridgehead atoms. The third-order valence-corrected chi connectivity index (χ3v) is 20.7. The highest BCUT2D eigenvalue weighted by atomic mass is 35.5. The first kappa shape index (κ1) is 82.6. The van der Waals surface area contributed by atoms with Crippen LogP contribution in [0.15, 0.2) is 78.9 Å². The molecule has 36 nitrogen and oxygen atoms in total. The Hall–Kier alpha value is -9.32. The van der Waals surface area contributed by atoms with Crippen molar-refractivity contribution in [1.29, 1.82) is 0 Å². The van der Waals surface area contributed by atoms with Gasteiger partial charge in [-0.25, -0.2) is 4.79 Å². The van der Waals surface area contributed by atoms with E-state index in [0.29, 0.717) is 0 Å². The van der Waals surface area contributed by atoms with E-state index in [1.165, 1.54) is 65.1 Å². The number of primary amides is 1. The number of hydrogen-bond acceptors (Lipinski definition) is 28. The van der Waals surface area contributed by atoms with Crippen LogP contribution >= 0.6 is 23.2 Å². The molecule has 0 spiro atoms. The van der Waals surface area contributed by atoms with Crippen LogP contribution < -0.4 is 68.6 Å². The van der Waals surface area contributed by atoms with E-state index in [1.807, 2.05) is 13.8 Å². The first-order valence-corrected chi connectivity index (χ1v) is 36.1. The lowest BCUT2D eigenvalue weighted by atomic mass is 9.86. The van der Waals surface area contributed by atoms with Crippen LogP contribution in [0.5, 0.6) is 46.0 Å². The van der Waals surface area contributed by atoms with Crippen LogP contribution in [0.2, 0.25) is 10.0 Å². The summed E-state index contributed by atoms with van der Waals surface area (Å²) in [6.07, 6.45) is -22.8. The number of carbonyl (C=O) groups is 8. The van der Waals surface area contributed by atoms with Crippen molar-refractivity contribution < 1.29 is 127 Å².